The second-order valence-corrected chi connectivity index (χ2v) is 11.0. The van der Waals surface area contributed by atoms with E-state index in [1.807, 2.05) is 41.5 Å². The molecule has 27 heavy (non-hydrogen) atoms. The summed E-state index contributed by atoms with van der Waals surface area (Å²) in [5, 5.41) is 12.4. The monoisotopic (exact) mass is 379 g/mol. The Bertz CT molecular complexity index is 771. The van der Waals surface area contributed by atoms with Crippen LogP contribution in [0.1, 0.15) is 94.7 Å². The van der Waals surface area contributed by atoms with Crippen molar-refractivity contribution < 1.29 is 4.52 Å². The van der Waals surface area contributed by atoms with Gasteiger partial charge in [-0.15, -0.1) is 10.2 Å². The van der Waals surface area contributed by atoms with Crippen molar-refractivity contribution in [2.75, 3.05) is 0 Å². The van der Waals surface area contributed by atoms with E-state index in [4.69, 9.17) is 4.52 Å². The van der Waals surface area contributed by atoms with Gasteiger partial charge in [0.15, 0.2) is 5.82 Å². The van der Waals surface area contributed by atoms with E-state index in [-0.39, 0.29) is 27.5 Å². The number of hydrogen-bond acceptors (Lipinski definition) is 5. The Balaban J connectivity index is 0.000000271. The van der Waals surface area contributed by atoms with Gasteiger partial charge in [-0.2, -0.15) is 9.54 Å². The maximum Gasteiger partial charge on any atom is 0.283 e. The van der Waals surface area contributed by atoms with E-state index in [1.165, 1.54) is 4.74 Å². The molecule has 0 saturated carbocycles. The second-order valence-electron chi connectivity index (χ2n) is 11.0. The van der Waals surface area contributed by atoms with Crippen molar-refractivity contribution in [3.63, 3.8) is 0 Å². The van der Waals surface area contributed by atoms with E-state index in [9.17, 15) is 4.79 Å². The average Bonchev–Trinajstić information content (AvgIpc) is 3.01. The first-order valence-electron chi connectivity index (χ1n) is 9.39. The molecule has 0 fully saturated rings. The second kappa shape index (κ2) is 7.24. The van der Waals surface area contributed by atoms with Crippen LogP contribution >= 0.6 is 0 Å². The zero-order valence-corrected chi connectivity index (χ0v) is 19.1. The first kappa shape index (κ1) is 23.1. The standard InChI is InChI=1S/C11H19NO2.C9H18N4/c1-10(2,3)8-7-9(13)12(14-8)11(4,5)6;1-8(2,3)7-10-12-13(11-7)9(4,5)6/h7H,1-6H3;1-6H3. The minimum Gasteiger partial charge on any atom is -0.380 e. The van der Waals surface area contributed by atoms with Gasteiger partial charge >= 0.3 is 0 Å². The molecule has 2 aromatic heterocycles. The quantitative estimate of drug-likeness (QED) is 0.685. The molecule has 0 aliphatic rings. The van der Waals surface area contributed by atoms with Crippen molar-refractivity contribution in [3.05, 3.63) is 28.0 Å². The maximum atomic E-state index is 11.6. The number of rotatable bonds is 0. The van der Waals surface area contributed by atoms with E-state index in [2.05, 4.69) is 57.0 Å². The minimum atomic E-state index is -0.291. The van der Waals surface area contributed by atoms with Crippen LogP contribution < -0.4 is 5.56 Å². The molecule has 154 valence electrons. The van der Waals surface area contributed by atoms with Crippen LogP contribution in [0.2, 0.25) is 0 Å². The highest BCUT2D eigenvalue weighted by Gasteiger charge is 2.25. The van der Waals surface area contributed by atoms with Gasteiger partial charge in [-0.3, -0.25) is 4.79 Å². The minimum absolute atomic E-state index is 0.0243. The maximum absolute atomic E-state index is 11.6. The molecule has 0 amide bonds. The van der Waals surface area contributed by atoms with Gasteiger partial charge in [-0.1, -0.05) is 41.5 Å². The van der Waals surface area contributed by atoms with Crippen LogP contribution in [-0.4, -0.2) is 24.9 Å². The highest BCUT2D eigenvalue weighted by molar-refractivity contribution is 5.07. The van der Waals surface area contributed by atoms with E-state index in [0.29, 0.717) is 0 Å². The summed E-state index contributed by atoms with van der Waals surface area (Å²) in [6.45, 7) is 24.3. The highest BCUT2D eigenvalue weighted by atomic mass is 16.5. The first-order valence-corrected chi connectivity index (χ1v) is 9.39. The van der Waals surface area contributed by atoms with E-state index in [0.717, 1.165) is 11.6 Å². The topological polar surface area (TPSA) is 78.7 Å². The summed E-state index contributed by atoms with van der Waals surface area (Å²) >= 11 is 0. The van der Waals surface area contributed by atoms with Crippen molar-refractivity contribution in [2.24, 2.45) is 0 Å². The molecule has 0 radical (unpaired) electrons. The predicted molar refractivity (Wildman–Crippen MR) is 108 cm³/mol. The van der Waals surface area contributed by atoms with Gasteiger partial charge in [0.05, 0.1) is 11.1 Å². The number of tetrazole rings is 1. The first-order chi connectivity index (χ1) is 11.8. The van der Waals surface area contributed by atoms with Crippen molar-refractivity contribution in [1.29, 1.82) is 0 Å². The van der Waals surface area contributed by atoms with Gasteiger partial charge in [0.25, 0.3) is 5.56 Å². The van der Waals surface area contributed by atoms with E-state index >= 15 is 0 Å². The van der Waals surface area contributed by atoms with Gasteiger partial charge < -0.3 is 4.52 Å². The fourth-order valence-corrected chi connectivity index (χ4v) is 1.96. The molecule has 0 bridgehead atoms. The van der Waals surface area contributed by atoms with Gasteiger partial charge in [-0.25, -0.2) is 0 Å². The number of hydrogen-bond donors (Lipinski definition) is 0. The molecule has 0 N–H and O–H groups in total. The molecule has 7 nitrogen and oxygen atoms in total. The van der Waals surface area contributed by atoms with Gasteiger partial charge in [0.1, 0.15) is 5.76 Å². The molecule has 0 saturated heterocycles. The lowest BCUT2D eigenvalue weighted by Crippen LogP contribution is -2.29. The average molecular weight is 380 g/mol. The number of nitrogens with zero attached hydrogens (tertiary/aromatic N) is 5. The normalized spacial score (nSPS) is 13.3. The van der Waals surface area contributed by atoms with Gasteiger partial charge in [0.2, 0.25) is 0 Å². The van der Waals surface area contributed by atoms with Crippen LogP contribution in [-0.2, 0) is 21.9 Å². The smallest absolute Gasteiger partial charge is 0.283 e. The summed E-state index contributed by atoms with van der Waals surface area (Å²) in [6, 6.07) is 1.57. The third-order valence-corrected chi connectivity index (χ3v) is 3.68. The Morgan fingerprint density at radius 1 is 0.815 bits per heavy atom. The molecule has 0 aliphatic carbocycles. The zero-order chi connectivity index (χ0) is 21.4. The van der Waals surface area contributed by atoms with Crippen LogP contribution in [0.3, 0.4) is 0 Å². The molecule has 0 atom stereocenters. The van der Waals surface area contributed by atoms with Crippen LogP contribution in [0.4, 0.5) is 0 Å². The Kier molecular flexibility index (Phi) is 6.20. The van der Waals surface area contributed by atoms with Crippen LogP contribution in [0.15, 0.2) is 15.4 Å². The van der Waals surface area contributed by atoms with Gasteiger partial charge in [-0.05, 0) is 46.8 Å². The lowest BCUT2D eigenvalue weighted by atomic mass is 9.94. The summed E-state index contributed by atoms with van der Waals surface area (Å²) in [5.74, 6) is 1.53. The molecule has 7 heteroatoms. The fraction of sp³-hybridized carbons (Fsp3) is 0.800. The molecule has 0 aliphatic heterocycles. The molecular formula is C20H37N5O2. The Morgan fingerprint density at radius 3 is 1.56 bits per heavy atom. The van der Waals surface area contributed by atoms with Crippen molar-refractivity contribution in [3.8, 4) is 0 Å². The van der Waals surface area contributed by atoms with Crippen LogP contribution in [0.5, 0.6) is 0 Å². The summed E-state index contributed by atoms with van der Waals surface area (Å²) in [5.41, 5.74) is -0.585. The van der Waals surface area contributed by atoms with Crippen molar-refractivity contribution >= 4 is 0 Å². The van der Waals surface area contributed by atoms with Crippen molar-refractivity contribution in [2.45, 2.75) is 105 Å². The Hall–Kier alpha value is -1.92. The van der Waals surface area contributed by atoms with Crippen molar-refractivity contribution in [1.82, 2.24) is 24.9 Å². The summed E-state index contributed by atoms with van der Waals surface area (Å²) in [4.78, 5) is 13.3. The van der Waals surface area contributed by atoms with E-state index in [1.54, 1.807) is 10.9 Å². The van der Waals surface area contributed by atoms with E-state index < -0.39 is 0 Å². The SMILES string of the molecule is CC(C)(C)c1cc(=O)n(C(C)(C)C)o1.CC(C)(C)c1nnn(C(C)(C)C)n1. The highest BCUT2D eigenvalue weighted by Crippen LogP contribution is 2.23. The Morgan fingerprint density at radius 2 is 1.33 bits per heavy atom. The molecule has 0 unspecified atom stereocenters. The molecular weight excluding hydrogens is 342 g/mol. The molecule has 2 rings (SSSR count). The summed E-state index contributed by atoms with van der Waals surface area (Å²) < 4.78 is 6.97. The lowest BCUT2D eigenvalue weighted by Gasteiger charge is -2.19. The molecule has 0 spiro atoms. The van der Waals surface area contributed by atoms with Crippen LogP contribution in [0, 0.1) is 0 Å². The van der Waals surface area contributed by atoms with Gasteiger partial charge in [0, 0.05) is 16.9 Å². The third kappa shape index (κ3) is 6.33. The molecule has 2 heterocycles. The zero-order valence-electron chi connectivity index (χ0n) is 19.1. The van der Waals surface area contributed by atoms with Crippen LogP contribution in [0.25, 0.3) is 0 Å². The largest absolute Gasteiger partial charge is 0.380 e. The predicted octanol–water partition coefficient (Wildman–Crippen LogP) is 4.22. The molecule has 0 aromatic carbocycles. The summed E-state index contributed by atoms with van der Waals surface area (Å²) in [7, 11) is 0. The third-order valence-electron chi connectivity index (χ3n) is 3.68. The molecule has 2 aromatic rings. The Labute approximate surface area is 163 Å². The number of aromatic nitrogens is 5. The lowest BCUT2D eigenvalue weighted by molar-refractivity contribution is 0.136. The summed E-state index contributed by atoms with van der Waals surface area (Å²) in [6.07, 6.45) is 0. The fourth-order valence-electron chi connectivity index (χ4n) is 1.96.